The zero-order valence-electron chi connectivity index (χ0n) is 11.5. The Bertz CT molecular complexity index is 833. The molecule has 2 heterocycles. The van der Waals surface area contributed by atoms with Gasteiger partial charge in [0.05, 0.1) is 34.7 Å². The van der Waals surface area contributed by atoms with Crippen molar-refractivity contribution >= 4 is 10.0 Å². The molecule has 0 saturated carbocycles. The lowest BCUT2D eigenvalue weighted by molar-refractivity contribution is 0.380. The van der Waals surface area contributed by atoms with Crippen molar-refractivity contribution in [1.82, 2.24) is 13.9 Å². The third-order valence-corrected chi connectivity index (χ3v) is 5.60. The molecule has 0 atom stereocenters. The molecule has 0 spiro atoms. The second kappa shape index (κ2) is 4.98. The maximum atomic E-state index is 12.8. The molecule has 1 aliphatic rings. The predicted molar refractivity (Wildman–Crippen MR) is 75.7 cm³/mol. The number of nitrogens with zero attached hydrogens (tertiary/aromatic N) is 4. The van der Waals surface area contributed by atoms with E-state index in [1.54, 1.807) is 18.5 Å². The fourth-order valence-corrected chi connectivity index (χ4v) is 4.06. The highest BCUT2D eigenvalue weighted by atomic mass is 32.2. The average Bonchev–Trinajstić information content (AvgIpc) is 2.88. The minimum atomic E-state index is -3.67. The molecule has 0 bridgehead atoms. The number of hydrogen-bond donors (Lipinski definition) is 0. The molecule has 0 aliphatic carbocycles. The highest BCUT2D eigenvalue weighted by Gasteiger charge is 2.31. The zero-order chi connectivity index (χ0) is 15.0. The van der Waals surface area contributed by atoms with Crippen LogP contribution >= 0.6 is 0 Å². The first-order valence-corrected chi connectivity index (χ1v) is 7.96. The van der Waals surface area contributed by atoms with Crippen molar-refractivity contribution in [3.05, 3.63) is 47.5 Å². The van der Waals surface area contributed by atoms with E-state index >= 15 is 0 Å². The predicted octanol–water partition coefficient (Wildman–Crippen LogP) is 1.04. The van der Waals surface area contributed by atoms with Gasteiger partial charge in [0.1, 0.15) is 6.07 Å². The largest absolute Gasteiger partial charge is 0.336 e. The lowest BCUT2D eigenvalue weighted by atomic mass is 10.2. The van der Waals surface area contributed by atoms with E-state index in [1.165, 1.54) is 16.4 Å². The SMILES string of the molecule is Cn1cnc2c1CN(S(=O)(=O)c1ccccc1C#N)CC2. The van der Waals surface area contributed by atoms with E-state index < -0.39 is 10.0 Å². The maximum Gasteiger partial charge on any atom is 0.244 e. The summed E-state index contributed by atoms with van der Waals surface area (Å²) in [5.41, 5.74) is 2.02. The van der Waals surface area contributed by atoms with Gasteiger partial charge in [-0.25, -0.2) is 13.4 Å². The smallest absolute Gasteiger partial charge is 0.244 e. The normalized spacial score (nSPS) is 15.4. The minimum Gasteiger partial charge on any atom is -0.336 e. The topological polar surface area (TPSA) is 79.0 Å². The van der Waals surface area contributed by atoms with E-state index in [1.807, 2.05) is 17.7 Å². The molecule has 0 N–H and O–H groups in total. The van der Waals surface area contributed by atoms with E-state index in [9.17, 15) is 8.42 Å². The monoisotopic (exact) mass is 302 g/mol. The molecule has 108 valence electrons. The molecule has 0 unspecified atom stereocenters. The number of aromatic nitrogens is 2. The van der Waals surface area contributed by atoms with Gasteiger partial charge in [0.25, 0.3) is 0 Å². The van der Waals surface area contributed by atoms with Crippen molar-refractivity contribution in [2.45, 2.75) is 17.9 Å². The third kappa shape index (κ3) is 2.22. The number of sulfonamides is 1. The van der Waals surface area contributed by atoms with Crippen molar-refractivity contribution in [1.29, 1.82) is 5.26 Å². The van der Waals surface area contributed by atoms with Crippen LogP contribution in [0.1, 0.15) is 17.0 Å². The van der Waals surface area contributed by atoms with Crippen LogP contribution in [0.15, 0.2) is 35.5 Å². The van der Waals surface area contributed by atoms with Crippen LogP contribution in [-0.4, -0.2) is 28.8 Å². The molecule has 0 saturated heterocycles. The van der Waals surface area contributed by atoms with Crippen LogP contribution in [0.5, 0.6) is 0 Å². The van der Waals surface area contributed by atoms with E-state index in [0.29, 0.717) is 13.0 Å². The molecule has 0 fully saturated rings. The molecule has 2 aromatic rings. The van der Waals surface area contributed by atoms with E-state index in [-0.39, 0.29) is 17.0 Å². The summed E-state index contributed by atoms with van der Waals surface area (Å²) in [5, 5.41) is 9.10. The summed E-state index contributed by atoms with van der Waals surface area (Å²) < 4.78 is 28.8. The summed E-state index contributed by atoms with van der Waals surface area (Å²) in [6.45, 7) is 0.667. The molecule has 21 heavy (non-hydrogen) atoms. The zero-order valence-corrected chi connectivity index (χ0v) is 12.3. The van der Waals surface area contributed by atoms with Gasteiger partial charge >= 0.3 is 0 Å². The molecule has 1 aromatic carbocycles. The second-order valence-electron chi connectivity index (χ2n) is 4.95. The average molecular weight is 302 g/mol. The van der Waals surface area contributed by atoms with E-state index in [2.05, 4.69) is 4.98 Å². The maximum absolute atomic E-state index is 12.8. The van der Waals surface area contributed by atoms with Crippen LogP contribution in [0.25, 0.3) is 0 Å². The first-order chi connectivity index (χ1) is 10.0. The molecule has 1 aliphatic heterocycles. The number of nitriles is 1. The minimum absolute atomic E-state index is 0.0677. The highest BCUT2D eigenvalue weighted by Crippen LogP contribution is 2.25. The van der Waals surface area contributed by atoms with Crippen molar-refractivity contribution in [3.63, 3.8) is 0 Å². The second-order valence-corrected chi connectivity index (χ2v) is 6.85. The Kier molecular flexibility index (Phi) is 3.27. The van der Waals surface area contributed by atoms with E-state index in [0.717, 1.165) is 11.4 Å². The fraction of sp³-hybridized carbons (Fsp3) is 0.286. The molecular formula is C14H14N4O2S. The Morgan fingerprint density at radius 1 is 1.33 bits per heavy atom. The van der Waals surface area contributed by atoms with Gasteiger partial charge in [0.2, 0.25) is 10.0 Å². The summed E-state index contributed by atoms with van der Waals surface area (Å²) in [7, 11) is -1.82. The Balaban J connectivity index is 2.01. The van der Waals surface area contributed by atoms with Gasteiger partial charge in [-0.1, -0.05) is 12.1 Å². The molecule has 7 heteroatoms. The number of imidazole rings is 1. The molecular weight excluding hydrogens is 288 g/mol. The molecule has 0 amide bonds. The molecule has 0 radical (unpaired) electrons. The third-order valence-electron chi connectivity index (χ3n) is 3.70. The number of fused-ring (bicyclic) bond motifs is 1. The molecule has 1 aromatic heterocycles. The van der Waals surface area contributed by atoms with E-state index in [4.69, 9.17) is 5.26 Å². The summed E-state index contributed by atoms with van der Waals surface area (Å²) in [4.78, 5) is 4.34. The number of rotatable bonds is 2. The quantitative estimate of drug-likeness (QED) is 0.830. The summed E-state index contributed by atoms with van der Waals surface area (Å²) >= 11 is 0. The van der Waals surface area contributed by atoms with Gasteiger partial charge in [-0.2, -0.15) is 9.57 Å². The summed E-state index contributed by atoms with van der Waals surface area (Å²) in [5.74, 6) is 0. The van der Waals surface area contributed by atoms with Crippen LogP contribution in [-0.2, 0) is 30.0 Å². The van der Waals surface area contributed by atoms with Crippen LogP contribution in [0.4, 0.5) is 0 Å². The first kappa shape index (κ1) is 13.8. The molecule has 6 nitrogen and oxygen atoms in total. The van der Waals surface area contributed by atoms with Gasteiger partial charge < -0.3 is 4.57 Å². The summed E-state index contributed by atoms with van der Waals surface area (Å²) in [6, 6.07) is 8.23. The van der Waals surface area contributed by atoms with Crippen molar-refractivity contribution in [2.75, 3.05) is 6.54 Å². The Labute approximate surface area is 123 Å². The number of hydrogen-bond acceptors (Lipinski definition) is 4. The van der Waals surface area contributed by atoms with Crippen LogP contribution in [0, 0.1) is 11.3 Å². The van der Waals surface area contributed by atoms with Crippen molar-refractivity contribution in [2.24, 2.45) is 7.05 Å². The Morgan fingerprint density at radius 3 is 2.86 bits per heavy atom. The Morgan fingerprint density at radius 2 is 2.10 bits per heavy atom. The standard InChI is InChI=1S/C14H14N4O2S/c1-17-10-16-12-6-7-18(9-13(12)17)21(19,20)14-5-3-2-4-11(14)8-15/h2-5,10H,6-7,9H2,1H3. The van der Waals surface area contributed by atoms with Gasteiger partial charge in [-0.3, -0.25) is 0 Å². The van der Waals surface area contributed by atoms with Crippen LogP contribution in [0.3, 0.4) is 0 Å². The first-order valence-electron chi connectivity index (χ1n) is 6.52. The lowest BCUT2D eigenvalue weighted by Crippen LogP contribution is -2.37. The Hall–Kier alpha value is -2.17. The fourth-order valence-electron chi connectivity index (χ4n) is 2.52. The lowest BCUT2D eigenvalue weighted by Gasteiger charge is -2.26. The van der Waals surface area contributed by atoms with Gasteiger partial charge in [0.15, 0.2) is 0 Å². The summed E-state index contributed by atoms with van der Waals surface area (Å²) in [6.07, 6.45) is 2.29. The highest BCUT2D eigenvalue weighted by molar-refractivity contribution is 7.89. The van der Waals surface area contributed by atoms with Gasteiger partial charge in [0, 0.05) is 20.0 Å². The van der Waals surface area contributed by atoms with Gasteiger partial charge in [-0.05, 0) is 12.1 Å². The van der Waals surface area contributed by atoms with Gasteiger partial charge in [-0.15, -0.1) is 0 Å². The molecule has 3 rings (SSSR count). The van der Waals surface area contributed by atoms with Crippen molar-refractivity contribution in [3.8, 4) is 6.07 Å². The van der Waals surface area contributed by atoms with Crippen LogP contribution < -0.4 is 0 Å². The van der Waals surface area contributed by atoms with Crippen molar-refractivity contribution < 1.29 is 8.42 Å². The number of aryl methyl sites for hydroxylation is 1. The number of benzene rings is 1. The van der Waals surface area contributed by atoms with Crippen LogP contribution in [0.2, 0.25) is 0 Å².